The monoisotopic (exact) mass is 330 g/mol. The number of hydrogen-bond acceptors (Lipinski definition) is 3. The Morgan fingerprint density at radius 3 is 2.42 bits per heavy atom. The highest BCUT2D eigenvalue weighted by molar-refractivity contribution is 7.11. The molecule has 118 valence electrons. The molecule has 3 rings (SSSR count). The standard InChI is InChI=1S/C21H18N2S/c1-15(2)17-10-8-16(9-11-17)12-19(13-22)21-23-20(14-24-21)18-6-4-3-5-7-18/h3-12,14-15H,1-2H3/b19-12-. The Bertz CT molecular complexity index is 882. The van der Waals surface area contributed by atoms with Crippen molar-refractivity contribution in [3.05, 3.63) is 76.1 Å². The van der Waals surface area contributed by atoms with Crippen LogP contribution in [0, 0.1) is 11.3 Å². The molecule has 24 heavy (non-hydrogen) atoms. The van der Waals surface area contributed by atoms with Crippen LogP contribution in [0.15, 0.2) is 60.0 Å². The largest absolute Gasteiger partial charge is 0.235 e. The summed E-state index contributed by atoms with van der Waals surface area (Å²) in [5, 5.41) is 12.3. The molecule has 1 heterocycles. The van der Waals surface area contributed by atoms with Gasteiger partial charge in [-0.15, -0.1) is 11.3 Å². The number of benzene rings is 2. The average molecular weight is 330 g/mol. The number of nitriles is 1. The Labute approximate surface area is 146 Å². The molecule has 0 bridgehead atoms. The Kier molecular flexibility index (Phi) is 4.88. The summed E-state index contributed by atoms with van der Waals surface area (Å²) in [5.74, 6) is 0.505. The van der Waals surface area contributed by atoms with Gasteiger partial charge in [-0.2, -0.15) is 5.26 Å². The normalized spacial score (nSPS) is 11.5. The highest BCUT2D eigenvalue weighted by atomic mass is 32.1. The van der Waals surface area contributed by atoms with Crippen molar-refractivity contribution in [1.29, 1.82) is 5.26 Å². The fourth-order valence-electron chi connectivity index (χ4n) is 2.42. The molecule has 3 heteroatoms. The molecule has 0 saturated carbocycles. The van der Waals surface area contributed by atoms with Gasteiger partial charge in [0.2, 0.25) is 0 Å². The maximum Gasteiger partial charge on any atom is 0.134 e. The molecule has 3 aromatic rings. The zero-order chi connectivity index (χ0) is 16.9. The fourth-order valence-corrected chi connectivity index (χ4v) is 3.22. The van der Waals surface area contributed by atoms with E-state index < -0.39 is 0 Å². The summed E-state index contributed by atoms with van der Waals surface area (Å²) in [6, 6.07) is 20.6. The highest BCUT2D eigenvalue weighted by Crippen LogP contribution is 2.27. The second-order valence-corrected chi connectivity index (χ2v) is 6.75. The van der Waals surface area contributed by atoms with Crippen LogP contribution in [0.1, 0.15) is 35.9 Å². The first kappa shape index (κ1) is 16.2. The van der Waals surface area contributed by atoms with E-state index in [4.69, 9.17) is 0 Å². The van der Waals surface area contributed by atoms with Crippen LogP contribution in [0.25, 0.3) is 22.9 Å². The topological polar surface area (TPSA) is 36.7 Å². The van der Waals surface area contributed by atoms with Gasteiger partial charge < -0.3 is 0 Å². The van der Waals surface area contributed by atoms with E-state index in [0.29, 0.717) is 11.5 Å². The summed E-state index contributed by atoms with van der Waals surface area (Å²) >= 11 is 1.50. The van der Waals surface area contributed by atoms with Crippen LogP contribution in [-0.2, 0) is 0 Å². The summed E-state index contributed by atoms with van der Waals surface area (Å²) in [6.07, 6.45) is 1.90. The van der Waals surface area contributed by atoms with Crippen molar-refractivity contribution in [2.75, 3.05) is 0 Å². The van der Waals surface area contributed by atoms with Crippen molar-refractivity contribution in [1.82, 2.24) is 4.98 Å². The summed E-state index contributed by atoms with van der Waals surface area (Å²) in [4.78, 5) is 4.62. The maximum atomic E-state index is 9.51. The van der Waals surface area contributed by atoms with Gasteiger partial charge in [-0.05, 0) is 23.1 Å². The molecule has 0 saturated heterocycles. The first-order valence-corrected chi connectivity index (χ1v) is 8.78. The highest BCUT2D eigenvalue weighted by Gasteiger charge is 2.09. The van der Waals surface area contributed by atoms with Crippen molar-refractivity contribution < 1.29 is 0 Å². The number of aromatic nitrogens is 1. The Hall–Kier alpha value is -2.70. The molecule has 0 unspecified atom stereocenters. The van der Waals surface area contributed by atoms with Gasteiger partial charge in [0.25, 0.3) is 0 Å². The third-order valence-electron chi connectivity index (χ3n) is 3.84. The number of rotatable bonds is 4. The van der Waals surface area contributed by atoms with Crippen LogP contribution in [0.2, 0.25) is 0 Å². The maximum absolute atomic E-state index is 9.51. The van der Waals surface area contributed by atoms with Gasteiger partial charge in [0.15, 0.2) is 0 Å². The van der Waals surface area contributed by atoms with Crippen molar-refractivity contribution in [3.63, 3.8) is 0 Å². The van der Waals surface area contributed by atoms with E-state index in [-0.39, 0.29) is 0 Å². The molecule has 0 aliphatic heterocycles. The third kappa shape index (κ3) is 3.61. The minimum absolute atomic E-state index is 0.505. The fraction of sp³-hybridized carbons (Fsp3) is 0.143. The van der Waals surface area contributed by atoms with Gasteiger partial charge >= 0.3 is 0 Å². The first-order valence-electron chi connectivity index (χ1n) is 7.90. The van der Waals surface area contributed by atoms with E-state index in [9.17, 15) is 5.26 Å². The van der Waals surface area contributed by atoms with Gasteiger partial charge in [-0.3, -0.25) is 0 Å². The Morgan fingerprint density at radius 1 is 1.08 bits per heavy atom. The van der Waals surface area contributed by atoms with E-state index in [0.717, 1.165) is 21.8 Å². The lowest BCUT2D eigenvalue weighted by Crippen LogP contribution is -1.87. The minimum Gasteiger partial charge on any atom is -0.235 e. The molecule has 2 nitrogen and oxygen atoms in total. The van der Waals surface area contributed by atoms with Gasteiger partial charge in [0.1, 0.15) is 11.1 Å². The molecule has 0 N–H and O–H groups in total. The molecule has 0 spiro atoms. The van der Waals surface area contributed by atoms with Gasteiger partial charge in [0, 0.05) is 10.9 Å². The van der Waals surface area contributed by atoms with E-state index in [1.165, 1.54) is 16.9 Å². The molecule has 0 amide bonds. The van der Waals surface area contributed by atoms with Gasteiger partial charge in [-0.1, -0.05) is 68.4 Å². The smallest absolute Gasteiger partial charge is 0.134 e. The lowest BCUT2D eigenvalue weighted by atomic mass is 10.0. The predicted octanol–water partition coefficient (Wildman–Crippen LogP) is 6.00. The van der Waals surface area contributed by atoms with E-state index >= 15 is 0 Å². The van der Waals surface area contributed by atoms with Crippen LogP contribution >= 0.6 is 11.3 Å². The SMILES string of the molecule is CC(C)c1ccc(/C=C(/C#N)c2nc(-c3ccccc3)cs2)cc1. The number of thiazole rings is 1. The molecule has 0 atom stereocenters. The van der Waals surface area contributed by atoms with Crippen molar-refractivity contribution in [2.45, 2.75) is 19.8 Å². The number of nitrogens with zero attached hydrogens (tertiary/aromatic N) is 2. The zero-order valence-electron chi connectivity index (χ0n) is 13.7. The van der Waals surface area contributed by atoms with Crippen LogP contribution in [-0.4, -0.2) is 4.98 Å². The van der Waals surface area contributed by atoms with Crippen molar-refractivity contribution >= 4 is 23.0 Å². The lowest BCUT2D eigenvalue weighted by Gasteiger charge is -2.04. The minimum atomic E-state index is 0.505. The molecule has 1 aromatic heterocycles. The van der Waals surface area contributed by atoms with Crippen molar-refractivity contribution in [3.8, 4) is 17.3 Å². The van der Waals surface area contributed by atoms with Crippen molar-refractivity contribution in [2.24, 2.45) is 0 Å². The van der Waals surface area contributed by atoms with E-state index in [1.807, 2.05) is 41.8 Å². The summed E-state index contributed by atoms with van der Waals surface area (Å²) < 4.78 is 0. The Balaban J connectivity index is 1.89. The predicted molar refractivity (Wildman–Crippen MR) is 102 cm³/mol. The van der Waals surface area contributed by atoms with Crippen LogP contribution in [0.5, 0.6) is 0 Å². The molecule has 0 radical (unpaired) electrons. The zero-order valence-corrected chi connectivity index (χ0v) is 14.5. The molecule has 2 aromatic carbocycles. The van der Waals surface area contributed by atoms with E-state index in [1.54, 1.807) is 0 Å². The second kappa shape index (κ2) is 7.25. The average Bonchev–Trinajstić information content (AvgIpc) is 3.11. The molecular weight excluding hydrogens is 312 g/mol. The number of hydrogen-bond donors (Lipinski definition) is 0. The van der Waals surface area contributed by atoms with E-state index in [2.05, 4.69) is 49.2 Å². The van der Waals surface area contributed by atoms with Crippen LogP contribution < -0.4 is 0 Å². The Morgan fingerprint density at radius 2 is 1.79 bits per heavy atom. The number of allylic oxidation sites excluding steroid dienone is 1. The summed E-state index contributed by atoms with van der Waals surface area (Å²) in [7, 11) is 0. The van der Waals surface area contributed by atoms with Gasteiger partial charge in [0.05, 0.1) is 11.3 Å². The molecular formula is C21H18N2S. The quantitative estimate of drug-likeness (QED) is 0.550. The second-order valence-electron chi connectivity index (χ2n) is 5.90. The molecule has 0 aliphatic carbocycles. The molecule has 0 fully saturated rings. The summed E-state index contributed by atoms with van der Waals surface area (Å²) in [6.45, 7) is 4.35. The first-order chi connectivity index (χ1) is 11.7. The lowest BCUT2D eigenvalue weighted by molar-refractivity contribution is 0.866. The molecule has 0 aliphatic rings. The summed E-state index contributed by atoms with van der Waals surface area (Å²) in [5.41, 5.74) is 4.89. The van der Waals surface area contributed by atoms with Crippen LogP contribution in [0.4, 0.5) is 0 Å². The van der Waals surface area contributed by atoms with Gasteiger partial charge in [-0.25, -0.2) is 4.98 Å². The third-order valence-corrected chi connectivity index (χ3v) is 4.71. The van der Waals surface area contributed by atoms with Crippen LogP contribution in [0.3, 0.4) is 0 Å².